The fraction of sp³-hybridized carbons (Fsp3) is 0.250. The molecule has 1 heterocycles. The zero-order valence-electron chi connectivity index (χ0n) is 9.68. The molecule has 0 aliphatic carbocycles. The number of aliphatic hydroxyl groups is 1. The van der Waals surface area contributed by atoms with Crippen LogP contribution in [-0.4, -0.2) is 20.4 Å². The van der Waals surface area contributed by atoms with Gasteiger partial charge in [-0.3, -0.25) is 0 Å². The molecule has 2 rings (SSSR count). The number of halogens is 2. The van der Waals surface area contributed by atoms with Gasteiger partial charge in [0.15, 0.2) is 5.16 Å². The lowest BCUT2D eigenvalue weighted by molar-refractivity contribution is 0.193. The SMILES string of the molecule is Cn1ccnc1SCC(O)c1c(F)cccc1F. The summed E-state index contributed by atoms with van der Waals surface area (Å²) in [4.78, 5) is 4.05. The molecule has 6 heteroatoms. The van der Waals surface area contributed by atoms with Gasteiger partial charge in [-0.2, -0.15) is 0 Å². The van der Waals surface area contributed by atoms with Gasteiger partial charge in [-0.05, 0) is 12.1 Å². The van der Waals surface area contributed by atoms with Crippen LogP contribution in [0.2, 0.25) is 0 Å². The van der Waals surface area contributed by atoms with Crippen LogP contribution < -0.4 is 0 Å². The minimum absolute atomic E-state index is 0.142. The molecule has 0 aliphatic rings. The van der Waals surface area contributed by atoms with Gasteiger partial charge in [0.1, 0.15) is 11.6 Å². The number of rotatable bonds is 4. The van der Waals surface area contributed by atoms with E-state index >= 15 is 0 Å². The van der Waals surface area contributed by atoms with Gasteiger partial charge in [0.05, 0.1) is 11.7 Å². The molecule has 3 nitrogen and oxygen atoms in total. The Hall–Kier alpha value is -1.40. The van der Waals surface area contributed by atoms with E-state index in [0.29, 0.717) is 5.16 Å². The summed E-state index contributed by atoms with van der Waals surface area (Å²) in [5.74, 6) is -1.33. The molecule has 0 spiro atoms. The zero-order chi connectivity index (χ0) is 13.1. The fourth-order valence-corrected chi connectivity index (χ4v) is 2.43. The van der Waals surface area contributed by atoms with E-state index in [1.807, 2.05) is 7.05 Å². The fourth-order valence-electron chi connectivity index (χ4n) is 1.56. The molecule has 1 atom stereocenters. The molecular formula is C12H12F2N2OS. The molecule has 0 amide bonds. The Labute approximate surface area is 107 Å². The molecule has 0 radical (unpaired) electrons. The minimum Gasteiger partial charge on any atom is -0.387 e. The van der Waals surface area contributed by atoms with E-state index in [0.717, 1.165) is 12.1 Å². The predicted molar refractivity (Wildman–Crippen MR) is 65.2 cm³/mol. The third kappa shape index (κ3) is 2.70. The average Bonchev–Trinajstić information content (AvgIpc) is 2.72. The summed E-state index contributed by atoms with van der Waals surface area (Å²) in [6.07, 6.45) is 2.18. The monoisotopic (exact) mass is 270 g/mol. The molecule has 0 fully saturated rings. The van der Waals surface area contributed by atoms with Crippen LogP contribution in [0.5, 0.6) is 0 Å². The van der Waals surface area contributed by atoms with E-state index < -0.39 is 17.7 Å². The van der Waals surface area contributed by atoms with Crippen molar-refractivity contribution >= 4 is 11.8 Å². The lowest BCUT2D eigenvalue weighted by Gasteiger charge is -2.12. The summed E-state index contributed by atoms with van der Waals surface area (Å²) in [5, 5.41) is 10.5. The molecule has 1 unspecified atom stereocenters. The van der Waals surface area contributed by atoms with Crippen LogP contribution >= 0.6 is 11.8 Å². The highest BCUT2D eigenvalue weighted by molar-refractivity contribution is 7.99. The van der Waals surface area contributed by atoms with E-state index in [4.69, 9.17) is 0 Å². The molecule has 96 valence electrons. The Balaban J connectivity index is 2.08. The van der Waals surface area contributed by atoms with Crippen LogP contribution in [0.1, 0.15) is 11.7 Å². The number of aliphatic hydroxyl groups excluding tert-OH is 1. The first kappa shape index (κ1) is 13.0. The topological polar surface area (TPSA) is 38.0 Å². The quantitative estimate of drug-likeness (QED) is 0.868. The number of nitrogens with zero attached hydrogens (tertiary/aromatic N) is 2. The van der Waals surface area contributed by atoms with Crippen LogP contribution in [0, 0.1) is 11.6 Å². The Morgan fingerprint density at radius 1 is 1.39 bits per heavy atom. The second-order valence-electron chi connectivity index (χ2n) is 3.78. The summed E-state index contributed by atoms with van der Waals surface area (Å²) >= 11 is 1.24. The van der Waals surface area contributed by atoms with Crippen molar-refractivity contribution in [2.45, 2.75) is 11.3 Å². The summed E-state index contributed by atoms with van der Waals surface area (Å²) < 4.78 is 28.6. The van der Waals surface area contributed by atoms with Crippen LogP contribution in [0.25, 0.3) is 0 Å². The molecule has 1 aromatic heterocycles. The van der Waals surface area contributed by atoms with Gasteiger partial charge in [0.25, 0.3) is 0 Å². The van der Waals surface area contributed by atoms with Gasteiger partial charge in [-0.1, -0.05) is 17.8 Å². The van der Waals surface area contributed by atoms with Crippen molar-refractivity contribution in [3.05, 3.63) is 47.8 Å². The lowest BCUT2D eigenvalue weighted by atomic mass is 10.1. The van der Waals surface area contributed by atoms with Gasteiger partial charge in [0, 0.05) is 25.2 Å². The number of imidazole rings is 1. The van der Waals surface area contributed by atoms with Crippen LogP contribution in [0.3, 0.4) is 0 Å². The first-order valence-electron chi connectivity index (χ1n) is 5.31. The maximum Gasteiger partial charge on any atom is 0.167 e. The summed E-state index contributed by atoms with van der Waals surface area (Å²) in [7, 11) is 1.81. The number of hydrogen-bond acceptors (Lipinski definition) is 3. The second kappa shape index (κ2) is 5.49. The maximum atomic E-state index is 13.4. The highest BCUT2D eigenvalue weighted by Gasteiger charge is 2.18. The summed E-state index contributed by atoms with van der Waals surface area (Å²) in [5.41, 5.74) is -0.292. The van der Waals surface area contributed by atoms with Gasteiger partial charge in [-0.25, -0.2) is 13.8 Å². The molecule has 1 aromatic carbocycles. The number of hydrogen-bond donors (Lipinski definition) is 1. The number of thioether (sulfide) groups is 1. The third-order valence-electron chi connectivity index (χ3n) is 2.48. The number of aryl methyl sites for hydroxylation is 1. The first-order valence-corrected chi connectivity index (χ1v) is 6.30. The maximum absolute atomic E-state index is 13.4. The van der Waals surface area contributed by atoms with Crippen molar-refractivity contribution < 1.29 is 13.9 Å². The molecule has 0 bridgehead atoms. The molecule has 0 aliphatic heterocycles. The van der Waals surface area contributed by atoms with E-state index in [2.05, 4.69) is 4.98 Å². The van der Waals surface area contributed by atoms with E-state index in [1.54, 1.807) is 17.0 Å². The largest absolute Gasteiger partial charge is 0.387 e. The van der Waals surface area contributed by atoms with Crippen molar-refractivity contribution in [1.82, 2.24) is 9.55 Å². The van der Waals surface area contributed by atoms with E-state index in [1.165, 1.54) is 17.8 Å². The molecule has 0 saturated heterocycles. The van der Waals surface area contributed by atoms with Crippen molar-refractivity contribution in [2.75, 3.05) is 5.75 Å². The molecular weight excluding hydrogens is 258 g/mol. The Morgan fingerprint density at radius 3 is 2.61 bits per heavy atom. The highest BCUT2D eigenvalue weighted by atomic mass is 32.2. The summed E-state index contributed by atoms with van der Waals surface area (Å²) in [6.45, 7) is 0. The second-order valence-corrected chi connectivity index (χ2v) is 4.77. The van der Waals surface area contributed by atoms with Crippen LogP contribution in [-0.2, 0) is 7.05 Å². The normalized spacial score (nSPS) is 12.7. The Kier molecular flexibility index (Phi) is 3.98. The van der Waals surface area contributed by atoms with Crippen molar-refractivity contribution in [1.29, 1.82) is 0 Å². The van der Waals surface area contributed by atoms with Gasteiger partial charge >= 0.3 is 0 Å². The molecule has 2 aromatic rings. The van der Waals surface area contributed by atoms with Gasteiger partial charge in [0.2, 0.25) is 0 Å². The summed E-state index contributed by atoms with van der Waals surface area (Å²) in [6, 6.07) is 3.53. The van der Waals surface area contributed by atoms with E-state index in [-0.39, 0.29) is 11.3 Å². The number of aromatic nitrogens is 2. The average molecular weight is 270 g/mol. The molecule has 18 heavy (non-hydrogen) atoms. The zero-order valence-corrected chi connectivity index (χ0v) is 10.5. The minimum atomic E-state index is -1.20. The van der Waals surface area contributed by atoms with Crippen LogP contribution in [0.4, 0.5) is 8.78 Å². The third-order valence-corrected chi connectivity index (χ3v) is 3.61. The smallest absolute Gasteiger partial charge is 0.167 e. The number of benzene rings is 1. The van der Waals surface area contributed by atoms with Gasteiger partial charge < -0.3 is 9.67 Å². The standard InChI is InChI=1S/C12H12F2N2OS/c1-16-6-5-15-12(16)18-7-10(17)11-8(13)3-2-4-9(11)14/h2-6,10,17H,7H2,1H3. The van der Waals surface area contributed by atoms with Crippen molar-refractivity contribution in [3.63, 3.8) is 0 Å². The van der Waals surface area contributed by atoms with E-state index in [9.17, 15) is 13.9 Å². The molecule has 0 saturated carbocycles. The Bertz CT molecular complexity index is 524. The van der Waals surface area contributed by atoms with Gasteiger partial charge in [-0.15, -0.1) is 0 Å². The van der Waals surface area contributed by atoms with Crippen LogP contribution in [0.15, 0.2) is 35.7 Å². The lowest BCUT2D eigenvalue weighted by Crippen LogP contribution is -2.07. The van der Waals surface area contributed by atoms with Crippen molar-refractivity contribution in [3.8, 4) is 0 Å². The molecule has 1 N–H and O–H groups in total. The highest BCUT2D eigenvalue weighted by Crippen LogP contribution is 2.26. The Morgan fingerprint density at radius 2 is 2.06 bits per heavy atom. The predicted octanol–water partition coefficient (Wildman–Crippen LogP) is 2.52. The first-order chi connectivity index (χ1) is 8.59. The van der Waals surface area contributed by atoms with Crippen molar-refractivity contribution in [2.24, 2.45) is 7.05 Å².